The maximum Gasteiger partial charge on any atom is 0.673 e. The van der Waals surface area contributed by atoms with Crippen molar-refractivity contribution in [3.8, 4) is 5.75 Å². The minimum Gasteiger partial charge on any atom is -0.493 e. The second-order valence-corrected chi connectivity index (χ2v) is 6.68. The highest BCUT2D eigenvalue weighted by Crippen LogP contribution is 2.41. The molecule has 4 rings (SSSR count). The smallest absolute Gasteiger partial charge is 0.493 e. The normalized spacial score (nSPS) is 20.8. The van der Waals surface area contributed by atoms with Crippen LogP contribution in [0.2, 0.25) is 0 Å². The lowest BCUT2D eigenvalue weighted by Gasteiger charge is -2.27. The van der Waals surface area contributed by atoms with Crippen molar-refractivity contribution in [1.29, 1.82) is 0 Å². The van der Waals surface area contributed by atoms with Gasteiger partial charge < -0.3 is 22.0 Å². The van der Waals surface area contributed by atoms with Gasteiger partial charge in [0.25, 0.3) is 5.66 Å². The van der Waals surface area contributed by atoms with Gasteiger partial charge in [0.05, 0.1) is 18.6 Å². The number of amides is 2. The molecule has 0 aliphatic carbocycles. The van der Waals surface area contributed by atoms with E-state index in [9.17, 15) is 22.1 Å². The molecule has 0 saturated carbocycles. The number of hydrogen-bond acceptors (Lipinski definition) is 3. The molecule has 0 saturated heterocycles. The first-order chi connectivity index (χ1) is 12.7. The molecule has 0 bridgehead atoms. The number of fused-ring (bicyclic) bond motifs is 2. The first-order valence-electron chi connectivity index (χ1n) is 7.88. The Morgan fingerprint density at radius 2 is 1.74 bits per heavy atom. The molecule has 1 atom stereocenters. The van der Waals surface area contributed by atoms with Gasteiger partial charge in [-0.25, -0.2) is 5.32 Å². The number of ether oxygens (including phenoxy) is 1. The molecule has 1 spiro atoms. The van der Waals surface area contributed by atoms with Crippen LogP contribution in [-0.4, -0.2) is 24.6 Å². The van der Waals surface area contributed by atoms with Gasteiger partial charge in [-0.05, 0) is 36.4 Å². The summed E-state index contributed by atoms with van der Waals surface area (Å²) in [5.41, 5.74) is 0.898. The van der Waals surface area contributed by atoms with Crippen molar-refractivity contribution in [3.63, 3.8) is 0 Å². The average Bonchev–Trinajstić information content (AvgIpc) is 2.92. The van der Waals surface area contributed by atoms with Gasteiger partial charge in [0.1, 0.15) is 5.75 Å². The fraction of sp³-hybridized carbons (Fsp3) is 0.188. The fourth-order valence-corrected chi connectivity index (χ4v) is 3.10. The number of para-hydroxylation sites is 1. The molecule has 11 heteroatoms. The molecule has 2 aliphatic rings. The van der Waals surface area contributed by atoms with Gasteiger partial charge in [0, 0.05) is 4.47 Å². The van der Waals surface area contributed by atoms with Gasteiger partial charge >= 0.3 is 13.3 Å². The Bertz CT molecular complexity index is 886. The number of azo groups is 2. The summed E-state index contributed by atoms with van der Waals surface area (Å²) < 4.78 is 47.1. The Hall–Kier alpha value is -2.43. The lowest BCUT2D eigenvalue weighted by atomic mass is 9.94. The van der Waals surface area contributed by atoms with E-state index in [4.69, 9.17) is 4.74 Å². The number of benzene rings is 2. The zero-order valence-electron chi connectivity index (χ0n) is 13.7. The standard InChI is InChI=1S/C16H12BrN3O2.BF4/c17-11-5-7-12(8-6-11)20-15(21)18-16(19-20)9-10-22-14-4-2-1-3-13(14)16;2-1(3,4)5/h1-8H,9-10H2;/q;-1/p+1. The van der Waals surface area contributed by atoms with E-state index in [1.807, 2.05) is 48.5 Å². The predicted molar refractivity (Wildman–Crippen MR) is 93.4 cm³/mol. The Morgan fingerprint density at radius 3 is 2.41 bits per heavy atom. The molecule has 2 aliphatic heterocycles. The van der Waals surface area contributed by atoms with Crippen molar-refractivity contribution >= 4 is 34.9 Å². The zero-order valence-corrected chi connectivity index (χ0v) is 15.3. The van der Waals surface area contributed by atoms with Crippen LogP contribution in [0.5, 0.6) is 5.75 Å². The highest BCUT2D eigenvalue weighted by atomic mass is 79.9. The monoisotopic (exact) mass is 445 g/mol. The van der Waals surface area contributed by atoms with E-state index in [2.05, 4.69) is 26.4 Å². The second kappa shape index (κ2) is 7.30. The van der Waals surface area contributed by atoms with Crippen molar-refractivity contribution in [2.24, 2.45) is 5.11 Å². The maximum absolute atomic E-state index is 12.4. The van der Waals surface area contributed by atoms with Crippen LogP contribution in [0.25, 0.3) is 0 Å². The maximum atomic E-state index is 12.4. The number of nitrogens with zero attached hydrogens (tertiary/aromatic N) is 2. The van der Waals surface area contributed by atoms with E-state index in [1.54, 1.807) is 0 Å². The van der Waals surface area contributed by atoms with E-state index in [1.165, 1.54) is 4.70 Å². The predicted octanol–water partition coefficient (Wildman–Crippen LogP) is 5.20. The Morgan fingerprint density at radius 1 is 1.11 bits per heavy atom. The van der Waals surface area contributed by atoms with Gasteiger partial charge in [-0.1, -0.05) is 37.9 Å². The molecule has 0 aromatic heterocycles. The Balaban J connectivity index is 0.000000376. The quantitative estimate of drug-likeness (QED) is 0.372. The van der Waals surface area contributed by atoms with E-state index < -0.39 is 12.9 Å². The highest BCUT2D eigenvalue weighted by molar-refractivity contribution is 9.10. The fourth-order valence-electron chi connectivity index (χ4n) is 2.84. The van der Waals surface area contributed by atoms with Crippen molar-refractivity contribution in [2.75, 3.05) is 6.61 Å². The van der Waals surface area contributed by atoms with E-state index in [-0.39, 0.29) is 6.03 Å². The SMILES string of the molecule is F[B-](F)(F)F.O=C1NC2(CCOc3ccccc32)N=[N+]1c1ccc(Br)cc1. The number of nitrogens with one attached hydrogen (secondary N) is 1. The van der Waals surface area contributed by atoms with Crippen LogP contribution in [0.3, 0.4) is 0 Å². The minimum atomic E-state index is -6.00. The van der Waals surface area contributed by atoms with Crippen molar-refractivity contribution in [2.45, 2.75) is 12.1 Å². The van der Waals surface area contributed by atoms with Crippen molar-refractivity contribution in [3.05, 3.63) is 58.6 Å². The molecular formula is C16H13BBrF4N3O2. The number of carbonyl (C=O) groups excluding carboxylic acids is 1. The molecular weight excluding hydrogens is 433 g/mol. The number of carbonyl (C=O) groups is 1. The van der Waals surface area contributed by atoms with Crippen molar-refractivity contribution < 1.29 is 31.5 Å². The number of halogens is 5. The van der Waals surface area contributed by atoms with Crippen LogP contribution in [0, 0.1) is 0 Å². The summed E-state index contributed by atoms with van der Waals surface area (Å²) in [5.74, 6) is 0.774. The molecule has 5 nitrogen and oxygen atoms in total. The van der Waals surface area contributed by atoms with E-state index in [0.717, 1.165) is 21.5 Å². The van der Waals surface area contributed by atoms with Gasteiger partial charge in [-0.2, -0.15) is 4.79 Å². The summed E-state index contributed by atoms with van der Waals surface area (Å²) in [4.78, 5) is 12.4. The minimum absolute atomic E-state index is 0.223. The van der Waals surface area contributed by atoms with Gasteiger partial charge in [-0.15, -0.1) is 0 Å². The van der Waals surface area contributed by atoms with E-state index in [0.29, 0.717) is 13.0 Å². The number of urea groups is 1. The molecule has 142 valence electrons. The third kappa shape index (κ3) is 4.47. The summed E-state index contributed by atoms with van der Waals surface area (Å²) in [6.07, 6.45) is 0.614. The number of rotatable bonds is 1. The summed E-state index contributed by atoms with van der Waals surface area (Å²) in [6.45, 7) is 0.523. The topological polar surface area (TPSA) is 53.7 Å². The largest absolute Gasteiger partial charge is 0.673 e. The molecule has 2 heterocycles. The van der Waals surface area contributed by atoms with Crippen LogP contribution in [0.1, 0.15) is 12.0 Å². The lowest BCUT2D eigenvalue weighted by molar-refractivity contribution is -0.404. The van der Waals surface area contributed by atoms with Gasteiger partial charge in [-0.3, -0.25) is 0 Å². The molecule has 2 aromatic carbocycles. The Labute approximate surface area is 160 Å². The summed E-state index contributed by atoms with van der Waals surface area (Å²) >= 11 is 3.39. The van der Waals surface area contributed by atoms with Gasteiger partial charge in [0.15, 0.2) is 5.69 Å². The van der Waals surface area contributed by atoms with E-state index >= 15 is 0 Å². The molecule has 0 fully saturated rings. The Kier molecular flexibility index (Phi) is 5.23. The molecule has 0 radical (unpaired) electrons. The lowest BCUT2D eigenvalue weighted by Crippen LogP contribution is -2.43. The molecule has 2 amide bonds. The third-order valence-electron chi connectivity index (χ3n) is 3.90. The van der Waals surface area contributed by atoms with Crippen LogP contribution in [-0.2, 0) is 5.66 Å². The zero-order chi connectivity index (χ0) is 19.7. The molecule has 1 unspecified atom stereocenters. The average molecular weight is 446 g/mol. The third-order valence-corrected chi connectivity index (χ3v) is 4.43. The summed E-state index contributed by atoms with van der Waals surface area (Å²) in [5, 5.41) is 7.70. The highest BCUT2D eigenvalue weighted by Gasteiger charge is 2.52. The van der Waals surface area contributed by atoms with Crippen molar-refractivity contribution in [1.82, 2.24) is 5.32 Å². The second-order valence-electron chi connectivity index (χ2n) is 5.77. The molecule has 1 N–H and O–H groups in total. The number of hydrogen-bond donors (Lipinski definition) is 1. The van der Waals surface area contributed by atoms with Crippen LogP contribution < -0.4 is 10.1 Å². The molecule has 2 aromatic rings. The first-order valence-corrected chi connectivity index (χ1v) is 8.67. The first kappa shape index (κ1) is 19.3. The summed E-state index contributed by atoms with van der Waals surface area (Å²) in [7, 11) is -6.00. The van der Waals surface area contributed by atoms with Crippen LogP contribution in [0.15, 0.2) is 58.1 Å². The van der Waals surface area contributed by atoms with Crippen LogP contribution >= 0.6 is 15.9 Å². The van der Waals surface area contributed by atoms with Gasteiger partial charge in [0.2, 0.25) is 0 Å². The van der Waals surface area contributed by atoms with Crippen LogP contribution in [0.4, 0.5) is 27.7 Å². The summed E-state index contributed by atoms with van der Waals surface area (Å²) in [6, 6.07) is 15.0. The molecule has 27 heavy (non-hydrogen) atoms.